The van der Waals surface area contributed by atoms with Gasteiger partial charge in [-0.25, -0.2) is 4.79 Å². The lowest BCUT2D eigenvalue weighted by molar-refractivity contribution is -0.136. The molecule has 0 unspecified atom stereocenters. The Morgan fingerprint density at radius 2 is 1.84 bits per heavy atom. The van der Waals surface area contributed by atoms with E-state index in [-0.39, 0.29) is 21.0 Å². The monoisotopic (exact) mass is 284 g/mol. The van der Waals surface area contributed by atoms with Gasteiger partial charge in [-0.05, 0) is 0 Å². The van der Waals surface area contributed by atoms with E-state index in [1.807, 2.05) is 0 Å². The van der Waals surface area contributed by atoms with Gasteiger partial charge in [0.1, 0.15) is 22.5 Å². The van der Waals surface area contributed by atoms with Gasteiger partial charge in [0, 0.05) is 5.56 Å². The number of hydrogen-bond donors (Lipinski definition) is 4. The van der Waals surface area contributed by atoms with Gasteiger partial charge in [-0.1, -0.05) is 0 Å². The van der Waals surface area contributed by atoms with Gasteiger partial charge in [0.15, 0.2) is 0 Å². The van der Waals surface area contributed by atoms with Crippen molar-refractivity contribution in [1.82, 2.24) is 0 Å². The van der Waals surface area contributed by atoms with Gasteiger partial charge >= 0.3 is 17.9 Å². The molecule has 0 saturated carbocycles. The van der Waals surface area contributed by atoms with Crippen LogP contribution in [0.5, 0.6) is 0 Å². The number of nitrogens with zero attached hydrogens (tertiary/aromatic N) is 1. The van der Waals surface area contributed by atoms with Crippen LogP contribution < -0.4 is 5.32 Å². The zero-order valence-electron chi connectivity index (χ0n) is 9.34. The molecule has 0 amide bonds. The fraction of sp³-hybridized carbons (Fsp3) is 0.200. The molecule has 0 saturated heterocycles. The Kier molecular flexibility index (Phi) is 4.44. The summed E-state index contributed by atoms with van der Waals surface area (Å²) in [6.07, 6.45) is -0.615. The summed E-state index contributed by atoms with van der Waals surface area (Å²) in [6.45, 7) is -0.499. The number of rotatable bonds is 6. The molecule has 9 heteroatoms. The minimum Gasteiger partial charge on any atom is -0.481 e. The Bertz CT molecular complexity index is 586. The molecule has 1 aromatic rings. The number of anilines is 1. The highest BCUT2D eigenvalue weighted by molar-refractivity contribution is 7.18. The van der Waals surface area contributed by atoms with Crippen LogP contribution in [0, 0.1) is 11.3 Å². The van der Waals surface area contributed by atoms with Crippen molar-refractivity contribution in [3.8, 4) is 6.07 Å². The predicted octanol–water partition coefficient (Wildman–Crippen LogP) is 0.442. The van der Waals surface area contributed by atoms with Crippen molar-refractivity contribution < 1.29 is 29.7 Å². The highest BCUT2D eigenvalue weighted by atomic mass is 32.1. The van der Waals surface area contributed by atoms with Crippen molar-refractivity contribution in [2.24, 2.45) is 0 Å². The van der Waals surface area contributed by atoms with Crippen LogP contribution in [-0.2, 0) is 16.0 Å². The zero-order valence-corrected chi connectivity index (χ0v) is 10.2. The number of carbonyl (C=O) groups is 3. The van der Waals surface area contributed by atoms with Crippen LogP contribution in [-0.4, -0.2) is 39.8 Å². The number of nitriles is 1. The topological polar surface area (TPSA) is 148 Å². The van der Waals surface area contributed by atoms with Crippen LogP contribution in [0.4, 0.5) is 5.00 Å². The summed E-state index contributed by atoms with van der Waals surface area (Å²) >= 11 is 0.643. The second-order valence-corrected chi connectivity index (χ2v) is 4.37. The highest BCUT2D eigenvalue weighted by Gasteiger charge is 2.24. The van der Waals surface area contributed by atoms with E-state index in [1.165, 1.54) is 0 Å². The Balaban J connectivity index is 3.26. The first kappa shape index (κ1) is 14.5. The number of carboxylic acids is 3. The molecular formula is C10H8N2O6S. The molecule has 0 bridgehead atoms. The van der Waals surface area contributed by atoms with Gasteiger partial charge in [0.2, 0.25) is 0 Å². The third-order valence-corrected chi connectivity index (χ3v) is 3.22. The quantitative estimate of drug-likeness (QED) is 0.588. The van der Waals surface area contributed by atoms with Crippen molar-refractivity contribution in [3.05, 3.63) is 16.0 Å². The Morgan fingerprint density at radius 3 is 2.26 bits per heavy atom. The molecule has 0 spiro atoms. The van der Waals surface area contributed by atoms with Crippen molar-refractivity contribution in [2.75, 3.05) is 11.9 Å². The number of aliphatic carboxylic acids is 2. The summed E-state index contributed by atoms with van der Waals surface area (Å²) in [4.78, 5) is 31.8. The third-order valence-electron chi connectivity index (χ3n) is 2.04. The van der Waals surface area contributed by atoms with Crippen molar-refractivity contribution in [1.29, 1.82) is 5.26 Å². The van der Waals surface area contributed by atoms with Crippen LogP contribution >= 0.6 is 11.3 Å². The van der Waals surface area contributed by atoms with Gasteiger partial charge in [-0.3, -0.25) is 9.59 Å². The largest absolute Gasteiger partial charge is 0.481 e. The summed E-state index contributed by atoms with van der Waals surface area (Å²) < 4.78 is 0. The van der Waals surface area contributed by atoms with Gasteiger partial charge in [-0.15, -0.1) is 11.3 Å². The van der Waals surface area contributed by atoms with Crippen LogP contribution in [0.3, 0.4) is 0 Å². The van der Waals surface area contributed by atoms with E-state index in [0.29, 0.717) is 11.3 Å². The summed E-state index contributed by atoms with van der Waals surface area (Å²) in [5, 5.41) is 37.6. The maximum absolute atomic E-state index is 11.0. The van der Waals surface area contributed by atoms with Crippen molar-refractivity contribution in [3.63, 3.8) is 0 Å². The molecule has 0 radical (unpaired) electrons. The minimum absolute atomic E-state index is 0.0403. The molecule has 1 rings (SSSR count). The zero-order chi connectivity index (χ0) is 14.6. The van der Waals surface area contributed by atoms with Crippen molar-refractivity contribution >= 4 is 34.2 Å². The second-order valence-electron chi connectivity index (χ2n) is 3.35. The number of thiophene rings is 1. The summed E-state index contributed by atoms with van der Waals surface area (Å²) in [5.74, 6) is -3.82. The minimum atomic E-state index is -1.36. The molecule has 0 aliphatic rings. The number of hydrogen-bond acceptors (Lipinski definition) is 6. The Morgan fingerprint density at radius 1 is 1.21 bits per heavy atom. The summed E-state index contributed by atoms with van der Waals surface area (Å²) in [5.41, 5.74) is -0.272. The van der Waals surface area contributed by atoms with Crippen LogP contribution in [0.15, 0.2) is 0 Å². The fourth-order valence-electron chi connectivity index (χ4n) is 1.36. The number of carboxylic acid groups (broad SMARTS) is 3. The first-order valence-electron chi connectivity index (χ1n) is 4.83. The molecule has 0 atom stereocenters. The molecule has 0 fully saturated rings. The number of nitrogens with one attached hydrogen (secondary N) is 1. The number of aromatic carboxylic acids is 1. The first-order chi connectivity index (χ1) is 8.86. The molecule has 8 nitrogen and oxygen atoms in total. The molecule has 100 valence electrons. The molecule has 0 aliphatic heterocycles. The molecule has 4 N–H and O–H groups in total. The standard InChI is InChI=1S/C10H8N2O6S/c11-2-5-4(1-6(13)14)8(10(17)18)19-9(5)12-3-7(15)16/h12H,1,3H2,(H,13,14)(H,15,16)(H,17,18). The molecule has 1 aromatic heterocycles. The van der Waals surface area contributed by atoms with Crippen LogP contribution in [0.1, 0.15) is 20.8 Å². The lowest BCUT2D eigenvalue weighted by Crippen LogP contribution is -2.12. The van der Waals surface area contributed by atoms with Crippen LogP contribution in [0.2, 0.25) is 0 Å². The molecule has 1 heterocycles. The van der Waals surface area contributed by atoms with E-state index < -0.39 is 30.9 Å². The van der Waals surface area contributed by atoms with E-state index in [1.54, 1.807) is 6.07 Å². The smallest absolute Gasteiger partial charge is 0.346 e. The average Bonchev–Trinajstić information content (AvgIpc) is 2.63. The maximum Gasteiger partial charge on any atom is 0.346 e. The molecular weight excluding hydrogens is 276 g/mol. The first-order valence-corrected chi connectivity index (χ1v) is 5.65. The Hall–Kier alpha value is -2.60. The highest BCUT2D eigenvalue weighted by Crippen LogP contribution is 2.33. The lowest BCUT2D eigenvalue weighted by Gasteiger charge is -2.00. The molecule has 0 aromatic carbocycles. The van der Waals surface area contributed by atoms with Crippen molar-refractivity contribution in [2.45, 2.75) is 6.42 Å². The van der Waals surface area contributed by atoms with E-state index in [4.69, 9.17) is 20.6 Å². The van der Waals surface area contributed by atoms with Gasteiger partial charge in [0.25, 0.3) is 0 Å². The fourth-order valence-corrected chi connectivity index (χ4v) is 2.36. The van der Waals surface area contributed by atoms with E-state index >= 15 is 0 Å². The Labute approximate surface area is 110 Å². The SMILES string of the molecule is N#Cc1c(NCC(=O)O)sc(C(=O)O)c1CC(=O)O. The van der Waals surface area contributed by atoms with E-state index in [9.17, 15) is 14.4 Å². The second kappa shape index (κ2) is 5.83. The summed E-state index contributed by atoms with van der Waals surface area (Å²) in [6, 6.07) is 1.70. The van der Waals surface area contributed by atoms with Gasteiger partial charge in [-0.2, -0.15) is 5.26 Å². The van der Waals surface area contributed by atoms with Gasteiger partial charge in [0.05, 0.1) is 12.0 Å². The van der Waals surface area contributed by atoms with Crippen LogP contribution in [0.25, 0.3) is 0 Å². The average molecular weight is 284 g/mol. The van der Waals surface area contributed by atoms with Gasteiger partial charge < -0.3 is 20.6 Å². The van der Waals surface area contributed by atoms with E-state index in [0.717, 1.165) is 0 Å². The summed E-state index contributed by atoms with van der Waals surface area (Å²) in [7, 11) is 0. The molecule has 0 aliphatic carbocycles. The normalized spacial score (nSPS) is 9.63. The lowest BCUT2D eigenvalue weighted by atomic mass is 10.1. The molecule has 19 heavy (non-hydrogen) atoms. The maximum atomic E-state index is 11.0. The van der Waals surface area contributed by atoms with E-state index in [2.05, 4.69) is 5.32 Å². The predicted molar refractivity (Wildman–Crippen MR) is 63.5 cm³/mol. The third kappa shape index (κ3) is 3.43.